The molecule has 0 atom stereocenters. The summed E-state index contributed by atoms with van der Waals surface area (Å²) in [6.07, 6.45) is 1.55. The van der Waals surface area contributed by atoms with Gasteiger partial charge in [-0.1, -0.05) is 12.1 Å². The van der Waals surface area contributed by atoms with Gasteiger partial charge in [-0.3, -0.25) is 9.78 Å². The number of nitrogens with one attached hydrogen (secondary N) is 2. The number of pyridine rings is 1. The van der Waals surface area contributed by atoms with E-state index in [4.69, 9.17) is 0 Å². The maximum Gasteiger partial charge on any atom is 0.274 e. The van der Waals surface area contributed by atoms with E-state index in [1.807, 2.05) is 13.0 Å². The minimum atomic E-state index is -0.487. The maximum absolute atomic E-state index is 13.8. The van der Waals surface area contributed by atoms with Crippen LogP contribution in [0.3, 0.4) is 0 Å². The van der Waals surface area contributed by atoms with E-state index in [-0.39, 0.29) is 11.4 Å². The van der Waals surface area contributed by atoms with Gasteiger partial charge in [-0.15, -0.1) is 0 Å². The first kappa shape index (κ1) is 20.3. The van der Waals surface area contributed by atoms with Gasteiger partial charge in [0.2, 0.25) is 0 Å². The monoisotopic (exact) mass is 392 g/mol. The van der Waals surface area contributed by atoms with Crippen molar-refractivity contribution >= 4 is 28.7 Å². The molecule has 3 rings (SSSR count). The van der Waals surface area contributed by atoms with Crippen LogP contribution in [-0.4, -0.2) is 24.0 Å². The lowest BCUT2D eigenvalue weighted by Crippen LogP contribution is -2.21. The number of aromatic nitrogens is 1. The number of aryl methyl sites for hydroxylation is 1. The number of para-hydroxylation sites is 1. The first-order valence-corrected chi connectivity index (χ1v) is 9.66. The maximum atomic E-state index is 13.8. The highest BCUT2D eigenvalue weighted by Crippen LogP contribution is 2.26. The summed E-state index contributed by atoms with van der Waals surface area (Å²) >= 11 is 0. The molecule has 0 saturated carbocycles. The Bertz CT molecular complexity index is 1000. The lowest BCUT2D eigenvalue weighted by atomic mass is 10.1. The van der Waals surface area contributed by atoms with Crippen molar-refractivity contribution < 1.29 is 9.18 Å². The number of rotatable bonds is 7. The standard InChI is InChI=1S/C23H25FN4O/c1-4-28(5-2)18-10-11-20(16(3)14-18)26-17-12-13-25-22(15-17)23(29)27-21-9-7-6-8-19(21)24/h6-15H,4-5H2,1-3H3,(H,25,26)(H,27,29). The fourth-order valence-corrected chi connectivity index (χ4v) is 3.11. The molecule has 0 aliphatic rings. The summed E-state index contributed by atoms with van der Waals surface area (Å²) in [4.78, 5) is 18.8. The number of amides is 1. The second-order valence-electron chi connectivity index (χ2n) is 6.66. The Kier molecular flexibility index (Phi) is 6.44. The summed E-state index contributed by atoms with van der Waals surface area (Å²) in [5, 5.41) is 5.88. The predicted molar refractivity (Wildman–Crippen MR) is 117 cm³/mol. The van der Waals surface area contributed by atoms with Gasteiger partial charge in [-0.05, 0) is 68.8 Å². The van der Waals surface area contributed by atoms with Crippen LogP contribution in [0, 0.1) is 12.7 Å². The fraction of sp³-hybridized carbons (Fsp3) is 0.217. The SMILES string of the molecule is CCN(CC)c1ccc(Nc2ccnc(C(=O)Nc3ccccc3F)c2)c(C)c1. The molecule has 0 aliphatic heterocycles. The van der Waals surface area contributed by atoms with Crippen LogP contribution in [0.5, 0.6) is 0 Å². The lowest BCUT2D eigenvalue weighted by molar-refractivity contribution is 0.102. The van der Waals surface area contributed by atoms with Crippen LogP contribution in [0.4, 0.5) is 27.1 Å². The summed E-state index contributed by atoms with van der Waals surface area (Å²) in [5.74, 6) is -0.952. The average molecular weight is 392 g/mol. The molecule has 5 nitrogen and oxygen atoms in total. The molecule has 0 fully saturated rings. The Morgan fingerprint density at radius 3 is 2.48 bits per heavy atom. The van der Waals surface area contributed by atoms with Crippen LogP contribution in [-0.2, 0) is 0 Å². The van der Waals surface area contributed by atoms with Crippen LogP contribution in [0.1, 0.15) is 29.9 Å². The van der Waals surface area contributed by atoms with E-state index in [0.717, 1.165) is 30.0 Å². The summed E-state index contributed by atoms with van der Waals surface area (Å²) in [7, 11) is 0. The van der Waals surface area contributed by atoms with E-state index in [0.29, 0.717) is 0 Å². The lowest BCUT2D eigenvalue weighted by Gasteiger charge is -2.22. The van der Waals surface area contributed by atoms with Gasteiger partial charge in [0.15, 0.2) is 0 Å². The van der Waals surface area contributed by atoms with E-state index >= 15 is 0 Å². The molecule has 0 radical (unpaired) electrons. The zero-order chi connectivity index (χ0) is 20.8. The van der Waals surface area contributed by atoms with Gasteiger partial charge in [0.25, 0.3) is 5.91 Å². The molecular formula is C23H25FN4O. The van der Waals surface area contributed by atoms with Gasteiger partial charge in [0.05, 0.1) is 5.69 Å². The molecule has 2 N–H and O–H groups in total. The third kappa shape index (κ3) is 4.90. The Morgan fingerprint density at radius 1 is 1.03 bits per heavy atom. The third-order valence-corrected chi connectivity index (χ3v) is 4.73. The highest BCUT2D eigenvalue weighted by Gasteiger charge is 2.12. The number of nitrogens with zero attached hydrogens (tertiary/aromatic N) is 2. The van der Waals surface area contributed by atoms with Gasteiger partial charge in [-0.25, -0.2) is 4.39 Å². The number of carbonyl (C=O) groups excluding carboxylic acids is 1. The number of carbonyl (C=O) groups is 1. The minimum absolute atomic E-state index is 0.125. The number of benzene rings is 2. The second-order valence-corrected chi connectivity index (χ2v) is 6.66. The zero-order valence-corrected chi connectivity index (χ0v) is 16.9. The second kappa shape index (κ2) is 9.19. The van der Waals surface area contributed by atoms with Crippen molar-refractivity contribution in [1.29, 1.82) is 0 Å². The van der Waals surface area contributed by atoms with Gasteiger partial charge in [0, 0.05) is 36.3 Å². The fourth-order valence-electron chi connectivity index (χ4n) is 3.11. The molecule has 0 saturated heterocycles. The van der Waals surface area contributed by atoms with Gasteiger partial charge < -0.3 is 15.5 Å². The first-order chi connectivity index (χ1) is 14.0. The highest BCUT2D eigenvalue weighted by atomic mass is 19.1. The molecule has 2 aromatic carbocycles. The molecule has 0 aliphatic carbocycles. The summed E-state index contributed by atoms with van der Waals surface area (Å²) in [6, 6.07) is 15.7. The Hall–Kier alpha value is -3.41. The number of hydrogen-bond acceptors (Lipinski definition) is 4. The van der Waals surface area contributed by atoms with Crippen molar-refractivity contribution in [3.63, 3.8) is 0 Å². The quantitative estimate of drug-likeness (QED) is 0.567. The third-order valence-electron chi connectivity index (χ3n) is 4.73. The predicted octanol–water partition coefficient (Wildman–Crippen LogP) is 5.37. The molecule has 3 aromatic rings. The highest BCUT2D eigenvalue weighted by molar-refractivity contribution is 6.03. The molecule has 150 valence electrons. The van der Waals surface area contributed by atoms with Crippen molar-refractivity contribution in [2.24, 2.45) is 0 Å². The van der Waals surface area contributed by atoms with Crippen LogP contribution >= 0.6 is 0 Å². The van der Waals surface area contributed by atoms with E-state index in [9.17, 15) is 9.18 Å². The summed E-state index contributed by atoms with van der Waals surface area (Å²) in [6.45, 7) is 8.22. The average Bonchev–Trinajstić information content (AvgIpc) is 2.73. The number of halogens is 1. The molecule has 29 heavy (non-hydrogen) atoms. The zero-order valence-electron chi connectivity index (χ0n) is 16.9. The van der Waals surface area contributed by atoms with Crippen LogP contribution in [0.2, 0.25) is 0 Å². The van der Waals surface area contributed by atoms with Gasteiger partial charge >= 0.3 is 0 Å². The van der Waals surface area contributed by atoms with E-state index in [1.165, 1.54) is 17.8 Å². The van der Waals surface area contributed by atoms with Crippen molar-refractivity contribution in [1.82, 2.24) is 4.98 Å². The van der Waals surface area contributed by atoms with Crippen molar-refractivity contribution in [3.8, 4) is 0 Å². The van der Waals surface area contributed by atoms with Crippen molar-refractivity contribution in [2.45, 2.75) is 20.8 Å². The smallest absolute Gasteiger partial charge is 0.274 e. The van der Waals surface area contributed by atoms with Crippen molar-refractivity contribution in [2.75, 3.05) is 28.6 Å². The minimum Gasteiger partial charge on any atom is -0.372 e. The molecule has 0 spiro atoms. The van der Waals surface area contributed by atoms with Crippen molar-refractivity contribution in [3.05, 3.63) is 77.9 Å². The summed E-state index contributed by atoms with van der Waals surface area (Å²) in [5.41, 5.74) is 4.29. The van der Waals surface area contributed by atoms with Crippen LogP contribution in [0.25, 0.3) is 0 Å². The molecule has 6 heteroatoms. The number of hydrogen-bond donors (Lipinski definition) is 2. The molecule has 1 aromatic heterocycles. The Balaban J connectivity index is 1.76. The largest absolute Gasteiger partial charge is 0.372 e. The van der Waals surface area contributed by atoms with E-state index in [2.05, 4.69) is 46.5 Å². The Morgan fingerprint density at radius 2 is 1.79 bits per heavy atom. The molecular weight excluding hydrogens is 367 g/mol. The topological polar surface area (TPSA) is 57.3 Å². The normalized spacial score (nSPS) is 10.5. The molecule has 1 amide bonds. The summed E-state index contributed by atoms with van der Waals surface area (Å²) < 4.78 is 13.8. The van der Waals surface area contributed by atoms with Crippen LogP contribution in [0.15, 0.2) is 60.8 Å². The molecule has 0 bridgehead atoms. The van der Waals surface area contributed by atoms with E-state index < -0.39 is 11.7 Å². The number of anilines is 4. The van der Waals surface area contributed by atoms with Gasteiger partial charge in [0.1, 0.15) is 11.5 Å². The molecule has 0 unspecified atom stereocenters. The first-order valence-electron chi connectivity index (χ1n) is 9.66. The molecule has 1 heterocycles. The van der Waals surface area contributed by atoms with E-state index in [1.54, 1.807) is 30.5 Å². The van der Waals surface area contributed by atoms with Gasteiger partial charge in [-0.2, -0.15) is 0 Å². The Labute approximate surface area is 170 Å². The van der Waals surface area contributed by atoms with Crippen LogP contribution < -0.4 is 15.5 Å².